The van der Waals surface area contributed by atoms with Crippen LogP contribution in [0.25, 0.3) is 0 Å². The Morgan fingerprint density at radius 2 is 2.00 bits per heavy atom. The average Bonchev–Trinajstić information content (AvgIpc) is 2.30. The molecular formula is C12H20ClN3O2. The third kappa shape index (κ3) is 3.46. The predicted molar refractivity (Wildman–Crippen MR) is 73.5 cm³/mol. The molecule has 0 saturated heterocycles. The summed E-state index contributed by atoms with van der Waals surface area (Å²) >= 11 is 5.74. The first-order valence-corrected chi connectivity index (χ1v) is 6.41. The Labute approximate surface area is 111 Å². The molecule has 18 heavy (non-hydrogen) atoms. The van der Waals surface area contributed by atoms with E-state index in [0.29, 0.717) is 18.2 Å². The van der Waals surface area contributed by atoms with Crippen molar-refractivity contribution in [1.29, 1.82) is 0 Å². The largest absolute Gasteiger partial charge is 0.329 e. The van der Waals surface area contributed by atoms with Crippen molar-refractivity contribution in [3.63, 3.8) is 0 Å². The van der Waals surface area contributed by atoms with Gasteiger partial charge in [0.05, 0.1) is 0 Å². The SMILES string of the molecule is Cc1c(Cl)[nH]c(=O)n(CCCN(C)C(C)C)c1=O. The zero-order valence-corrected chi connectivity index (χ0v) is 12.0. The van der Waals surface area contributed by atoms with Crippen LogP contribution in [0.3, 0.4) is 0 Å². The van der Waals surface area contributed by atoms with E-state index in [4.69, 9.17) is 11.6 Å². The fourth-order valence-corrected chi connectivity index (χ4v) is 1.74. The van der Waals surface area contributed by atoms with Gasteiger partial charge in [-0.15, -0.1) is 0 Å². The van der Waals surface area contributed by atoms with Gasteiger partial charge in [-0.2, -0.15) is 0 Å². The molecule has 6 heteroatoms. The molecule has 1 aromatic heterocycles. The first-order valence-electron chi connectivity index (χ1n) is 6.04. The van der Waals surface area contributed by atoms with Gasteiger partial charge in [0.2, 0.25) is 0 Å². The quantitative estimate of drug-likeness (QED) is 0.821. The lowest BCUT2D eigenvalue weighted by Gasteiger charge is -2.20. The van der Waals surface area contributed by atoms with Gasteiger partial charge < -0.3 is 4.90 Å². The Morgan fingerprint density at radius 1 is 1.39 bits per heavy atom. The van der Waals surface area contributed by atoms with Gasteiger partial charge in [0.25, 0.3) is 5.56 Å². The van der Waals surface area contributed by atoms with Crippen LogP contribution in [0.2, 0.25) is 5.15 Å². The molecule has 0 atom stereocenters. The zero-order valence-electron chi connectivity index (χ0n) is 11.3. The van der Waals surface area contributed by atoms with Gasteiger partial charge in [0, 0.05) is 18.2 Å². The van der Waals surface area contributed by atoms with Gasteiger partial charge in [-0.3, -0.25) is 14.3 Å². The number of rotatable bonds is 5. The molecule has 0 aliphatic heterocycles. The first-order chi connectivity index (χ1) is 8.34. The van der Waals surface area contributed by atoms with Crippen LogP contribution in [0.5, 0.6) is 0 Å². The number of H-pyrrole nitrogens is 1. The average molecular weight is 274 g/mol. The van der Waals surface area contributed by atoms with Gasteiger partial charge in [-0.25, -0.2) is 4.79 Å². The summed E-state index contributed by atoms with van der Waals surface area (Å²) in [6.45, 7) is 7.06. The maximum absolute atomic E-state index is 11.9. The van der Waals surface area contributed by atoms with Gasteiger partial charge in [-0.1, -0.05) is 11.6 Å². The number of hydrogen-bond acceptors (Lipinski definition) is 3. The summed E-state index contributed by atoms with van der Waals surface area (Å²) in [7, 11) is 2.02. The topological polar surface area (TPSA) is 58.1 Å². The number of halogens is 1. The van der Waals surface area contributed by atoms with E-state index in [9.17, 15) is 9.59 Å². The normalized spacial score (nSPS) is 11.5. The van der Waals surface area contributed by atoms with Crippen molar-refractivity contribution < 1.29 is 0 Å². The first kappa shape index (κ1) is 15.0. The van der Waals surface area contributed by atoms with Crippen molar-refractivity contribution >= 4 is 11.6 Å². The second-order valence-corrected chi connectivity index (χ2v) is 5.13. The van der Waals surface area contributed by atoms with E-state index < -0.39 is 5.69 Å². The third-order valence-corrected chi connectivity index (χ3v) is 3.51. The Hall–Kier alpha value is -1.07. The van der Waals surface area contributed by atoms with Crippen LogP contribution in [0.15, 0.2) is 9.59 Å². The fourth-order valence-electron chi connectivity index (χ4n) is 1.58. The fraction of sp³-hybridized carbons (Fsp3) is 0.667. The zero-order chi connectivity index (χ0) is 13.9. The van der Waals surface area contributed by atoms with Crippen molar-refractivity contribution in [2.45, 2.75) is 39.8 Å². The van der Waals surface area contributed by atoms with Crippen molar-refractivity contribution in [2.75, 3.05) is 13.6 Å². The minimum atomic E-state index is -0.442. The minimum absolute atomic E-state index is 0.126. The Bertz CT molecular complexity index is 519. The summed E-state index contributed by atoms with van der Waals surface area (Å²) in [6.07, 6.45) is 0.749. The molecule has 1 N–H and O–H groups in total. The molecule has 1 rings (SSSR count). The van der Waals surface area contributed by atoms with Crippen molar-refractivity contribution in [1.82, 2.24) is 14.5 Å². The second-order valence-electron chi connectivity index (χ2n) is 4.75. The maximum Gasteiger partial charge on any atom is 0.329 e. The molecule has 0 saturated carbocycles. The summed E-state index contributed by atoms with van der Waals surface area (Å²) in [4.78, 5) is 28.1. The molecule has 5 nitrogen and oxygen atoms in total. The minimum Gasteiger partial charge on any atom is -0.304 e. The highest BCUT2D eigenvalue weighted by Crippen LogP contribution is 2.03. The number of aromatic nitrogens is 2. The van der Waals surface area contributed by atoms with E-state index in [0.717, 1.165) is 13.0 Å². The van der Waals surface area contributed by atoms with Crippen molar-refractivity contribution in [2.24, 2.45) is 0 Å². The van der Waals surface area contributed by atoms with Crippen molar-refractivity contribution in [3.8, 4) is 0 Å². The number of aromatic amines is 1. The third-order valence-electron chi connectivity index (χ3n) is 3.13. The number of nitrogens with one attached hydrogen (secondary N) is 1. The van der Waals surface area contributed by atoms with Crippen LogP contribution in [0, 0.1) is 6.92 Å². The molecule has 1 heterocycles. The van der Waals surface area contributed by atoms with Crippen LogP contribution in [-0.4, -0.2) is 34.1 Å². The lowest BCUT2D eigenvalue weighted by Crippen LogP contribution is -2.37. The molecule has 0 bridgehead atoms. The smallest absolute Gasteiger partial charge is 0.304 e. The molecule has 0 amide bonds. The highest BCUT2D eigenvalue weighted by atomic mass is 35.5. The van der Waals surface area contributed by atoms with E-state index in [-0.39, 0.29) is 10.7 Å². The molecule has 0 fully saturated rings. The molecular weight excluding hydrogens is 254 g/mol. The predicted octanol–water partition coefficient (Wildman–Crippen LogP) is 1.23. The van der Waals surface area contributed by atoms with E-state index in [2.05, 4.69) is 23.7 Å². The number of hydrogen-bond donors (Lipinski definition) is 1. The molecule has 102 valence electrons. The lowest BCUT2D eigenvalue weighted by molar-refractivity contribution is 0.264. The van der Waals surface area contributed by atoms with Crippen LogP contribution in [-0.2, 0) is 6.54 Å². The highest BCUT2D eigenvalue weighted by Gasteiger charge is 2.09. The standard InChI is InChI=1S/C12H20ClN3O2/c1-8(2)15(4)6-5-7-16-11(17)9(3)10(13)14-12(16)18/h8H,5-7H2,1-4H3,(H,14,18). The maximum atomic E-state index is 11.9. The second kappa shape index (κ2) is 6.20. The van der Waals surface area contributed by atoms with Crippen LogP contribution in [0.1, 0.15) is 25.8 Å². The Morgan fingerprint density at radius 3 is 2.56 bits per heavy atom. The van der Waals surface area contributed by atoms with E-state index in [1.54, 1.807) is 6.92 Å². The van der Waals surface area contributed by atoms with Gasteiger partial charge in [0.1, 0.15) is 5.15 Å². The van der Waals surface area contributed by atoms with E-state index >= 15 is 0 Å². The summed E-state index contributed by atoms with van der Waals surface area (Å²) in [5.41, 5.74) is -0.368. The van der Waals surface area contributed by atoms with Crippen molar-refractivity contribution in [3.05, 3.63) is 31.6 Å². The monoisotopic (exact) mass is 273 g/mol. The molecule has 0 aromatic carbocycles. The Kier molecular flexibility index (Phi) is 5.16. The van der Waals surface area contributed by atoms with Crippen LogP contribution < -0.4 is 11.2 Å². The molecule has 0 radical (unpaired) electrons. The summed E-state index contributed by atoms with van der Waals surface area (Å²) in [5.74, 6) is 0. The molecule has 0 aliphatic rings. The summed E-state index contributed by atoms with van der Waals surface area (Å²) in [5, 5.41) is 0.126. The summed E-state index contributed by atoms with van der Waals surface area (Å²) < 4.78 is 1.20. The highest BCUT2D eigenvalue weighted by molar-refractivity contribution is 6.30. The van der Waals surface area contributed by atoms with E-state index in [1.807, 2.05) is 7.05 Å². The number of nitrogens with zero attached hydrogens (tertiary/aromatic N) is 2. The summed E-state index contributed by atoms with van der Waals surface area (Å²) in [6, 6.07) is 0.451. The van der Waals surface area contributed by atoms with Gasteiger partial charge in [-0.05, 0) is 40.8 Å². The molecule has 0 unspecified atom stereocenters. The molecule has 1 aromatic rings. The lowest BCUT2D eigenvalue weighted by atomic mass is 10.3. The van der Waals surface area contributed by atoms with Gasteiger partial charge in [0.15, 0.2) is 0 Å². The molecule has 0 aliphatic carbocycles. The van der Waals surface area contributed by atoms with Crippen LogP contribution in [0.4, 0.5) is 0 Å². The Balaban J connectivity index is 2.78. The van der Waals surface area contributed by atoms with Gasteiger partial charge >= 0.3 is 5.69 Å². The van der Waals surface area contributed by atoms with Crippen LogP contribution >= 0.6 is 11.6 Å². The molecule has 0 spiro atoms. The van der Waals surface area contributed by atoms with E-state index in [1.165, 1.54) is 4.57 Å².